The first-order valence-corrected chi connectivity index (χ1v) is 5.00. The summed E-state index contributed by atoms with van der Waals surface area (Å²) in [6, 6.07) is 0. The number of nitrogens with zero attached hydrogens (tertiary/aromatic N) is 1. The third kappa shape index (κ3) is 6.23. The summed E-state index contributed by atoms with van der Waals surface area (Å²) < 4.78 is 0. The van der Waals surface area contributed by atoms with E-state index < -0.39 is 0 Å². The highest BCUT2D eigenvalue weighted by atomic mass is 16.6. The Morgan fingerprint density at radius 3 is 2.71 bits per heavy atom. The van der Waals surface area contributed by atoms with Crippen LogP contribution in [0.5, 0.6) is 0 Å². The minimum atomic E-state index is 0.615. The summed E-state index contributed by atoms with van der Waals surface area (Å²) in [4.78, 5) is 4.95. The maximum atomic E-state index is 4.95. The number of hydrogen-bond donors (Lipinski definition) is 0. The van der Waals surface area contributed by atoms with Gasteiger partial charge in [0.2, 0.25) is 0 Å². The molecule has 0 spiro atoms. The van der Waals surface area contributed by atoms with Crippen LogP contribution in [0.3, 0.4) is 0 Å². The molecule has 78 valence electrons. The summed E-state index contributed by atoms with van der Waals surface area (Å²) in [6.45, 7) is 9.37. The van der Waals surface area contributed by atoms with Crippen molar-refractivity contribution in [3.05, 3.63) is 36.6 Å². The second-order valence-electron chi connectivity index (χ2n) is 2.69. The van der Waals surface area contributed by atoms with Crippen LogP contribution < -0.4 is 0 Å². The summed E-state index contributed by atoms with van der Waals surface area (Å²) >= 11 is 0. The number of allylic oxidation sites excluding steroid dienone is 5. The van der Waals surface area contributed by atoms with Crippen LogP contribution in [0.4, 0.5) is 0 Å². The number of hydrogen-bond acceptors (Lipinski definition) is 2. The largest absolute Gasteiger partial charge is 0.362 e. The van der Waals surface area contributed by atoms with Gasteiger partial charge in [0.25, 0.3) is 0 Å². The smallest absolute Gasteiger partial charge is 0.124 e. The summed E-state index contributed by atoms with van der Waals surface area (Å²) in [6.07, 6.45) is 10.0. The standard InChI is InChI=1S/C10H13NO.C2H6/c1-9(2)12-11-10-7-5-3-4-6-8-10;1-2/h3,5-6,8H,1,4,7H2,2H3;1-2H3/b11-10+;. The zero-order valence-corrected chi connectivity index (χ0v) is 9.29. The van der Waals surface area contributed by atoms with E-state index in [9.17, 15) is 0 Å². The molecule has 0 aromatic heterocycles. The third-order valence-corrected chi connectivity index (χ3v) is 1.39. The Hall–Kier alpha value is -1.31. The molecule has 0 aromatic carbocycles. The van der Waals surface area contributed by atoms with E-state index in [1.165, 1.54) is 0 Å². The minimum Gasteiger partial charge on any atom is -0.362 e. The normalized spacial score (nSPS) is 16.9. The highest BCUT2D eigenvalue weighted by molar-refractivity contribution is 5.95. The van der Waals surface area contributed by atoms with Gasteiger partial charge in [-0.1, -0.05) is 43.8 Å². The molecule has 0 amide bonds. The van der Waals surface area contributed by atoms with Crippen molar-refractivity contribution in [1.82, 2.24) is 0 Å². The van der Waals surface area contributed by atoms with Gasteiger partial charge in [0.1, 0.15) is 5.76 Å². The second kappa shape index (κ2) is 8.30. The number of rotatable bonds is 2. The van der Waals surface area contributed by atoms with Crippen LogP contribution in [0.25, 0.3) is 0 Å². The molecule has 0 aliphatic heterocycles. The van der Waals surface area contributed by atoms with E-state index in [1.54, 1.807) is 6.92 Å². The molecular formula is C12H19NO. The molecule has 0 saturated heterocycles. The predicted molar refractivity (Wildman–Crippen MR) is 62.2 cm³/mol. The Morgan fingerprint density at radius 1 is 1.36 bits per heavy atom. The quantitative estimate of drug-likeness (QED) is 0.371. The van der Waals surface area contributed by atoms with Gasteiger partial charge < -0.3 is 4.84 Å². The van der Waals surface area contributed by atoms with Crippen molar-refractivity contribution >= 4 is 5.71 Å². The molecule has 0 saturated carbocycles. The van der Waals surface area contributed by atoms with E-state index in [0.717, 1.165) is 18.6 Å². The van der Waals surface area contributed by atoms with Crippen molar-refractivity contribution in [1.29, 1.82) is 0 Å². The molecule has 0 atom stereocenters. The summed E-state index contributed by atoms with van der Waals surface area (Å²) in [5.41, 5.74) is 0.937. The van der Waals surface area contributed by atoms with Gasteiger partial charge in [0, 0.05) is 6.42 Å². The summed E-state index contributed by atoms with van der Waals surface area (Å²) in [5, 5.41) is 3.92. The molecule has 0 unspecified atom stereocenters. The average Bonchev–Trinajstić information content (AvgIpc) is 2.46. The molecule has 1 aliphatic rings. The lowest BCUT2D eigenvalue weighted by molar-refractivity contribution is 0.231. The first-order valence-electron chi connectivity index (χ1n) is 5.00. The van der Waals surface area contributed by atoms with Crippen LogP contribution in [-0.4, -0.2) is 5.71 Å². The molecule has 0 fully saturated rings. The highest BCUT2D eigenvalue weighted by Gasteiger charge is 1.94. The Bertz CT molecular complexity index is 249. The second-order valence-corrected chi connectivity index (χ2v) is 2.69. The predicted octanol–water partition coefficient (Wildman–Crippen LogP) is 3.83. The zero-order chi connectivity index (χ0) is 10.8. The van der Waals surface area contributed by atoms with Crippen molar-refractivity contribution in [2.45, 2.75) is 33.6 Å². The van der Waals surface area contributed by atoms with Gasteiger partial charge in [-0.05, 0) is 19.4 Å². The lowest BCUT2D eigenvalue weighted by Crippen LogP contribution is -1.91. The van der Waals surface area contributed by atoms with Crippen molar-refractivity contribution in [3.8, 4) is 0 Å². The molecule has 2 heteroatoms. The monoisotopic (exact) mass is 193 g/mol. The third-order valence-electron chi connectivity index (χ3n) is 1.39. The van der Waals surface area contributed by atoms with E-state index in [0.29, 0.717) is 5.76 Å². The Balaban J connectivity index is 0.000000791. The first kappa shape index (κ1) is 12.7. The fraction of sp³-hybridized carbons (Fsp3) is 0.417. The van der Waals surface area contributed by atoms with E-state index >= 15 is 0 Å². The Morgan fingerprint density at radius 2 is 2.07 bits per heavy atom. The van der Waals surface area contributed by atoms with Crippen LogP contribution in [0.1, 0.15) is 33.6 Å². The lowest BCUT2D eigenvalue weighted by atomic mass is 10.3. The summed E-state index contributed by atoms with van der Waals surface area (Å²) in [5.74, 6) is 0.615. The summed E-state index contributed by atoms with van der Waals surface area (Å²) in [7, 11) is 0. The molecule has 2 nitrogen and oxygen atoms in total. The molecule has 0 radical (unpaired) electrons. The van der Waals surface area contributed by atoms with Crippen molar-refractivity contribution in [2.24, 2.45) is 5.16 Å². The van der Waals surface area contributed by atoms with Crippen LogP contribution in [0.15, 0.2) is 41.8 Å². The molecule has 1 aliphatic carbocycles. The van der Waals surface area contributed by atoms with Crippen molar-refractivity contribution < 1.29 is 4.84 Å². The molecular weight excluding hydrogens is 174 g/mol. The molecule has 1 rings (SSSR count). The molecule has 0 bridgehead atoms. The molecule has 0 aromatic rings. The van der Waals surface area contributed by atoms with Crippen molar-refractivity contribution in [3.63, 3.8) is 0 Å². The SMILES string of the molecule is C=C(C)O/N=C1/C=CCC=CC1.CC. The zero-order valence-electron chi connectivity index (χ0n) is 9.29. The van der Waals surface area contributed by atoms with Crippen LogP contribution in [0, 0.1) is 0 Å². The van der Waals surface area contributed by atoms with Gasteiger partial charge in [0.05, 0.1) is 5.71 Å². The topological polar surface area (TPSA) is 21.6 Å². The van der Waals surface area contributed by atoms with E-state index in [2.05, 4.69) is 30.0 Å². The molecule has 0 N–H and O–H groups in total. The maximum Gasteiger partial charge on any atom is 0.124 e. The van der Waals surface area contributed by atoms with Crippen molar-refractivity contribution in [2.75, 3.05) is 0 Å². The van der Waals surface area contributed by atoms with E-state index in [-0.39, 0.29) is 0 Å². The first-order chi connectivity index (χ1) is 6.79. The van der Waals surface area contributed by atoms with E-state index in [1.807, 2.05) is 19.9 Å². The van der Waals surface area contributed by atoms with Gasteiger partial charge in [0.15, 0.2) is 0 Å². The highest BCUT2D eigenvalue weighted by Crippen LogP contribution is 2.02. The van der Waals surface area contributed by atoms with Gasteiger partial charge in [-0.2, -0.15) is 0 Å². The number of oxime groups is 1. The van der Waals surface area contributed by atoms with Gasteiger partial charge in [-0.15, -0.1) is 0 Å². The average molecular weight is 193 g/mol. The van der Waals surface area contributed by atoms with Gasteiger partial charge in [-0.25, -0.2) is 0 Å². The Labute approximate surface area is 86.6 Å². The van der Waals surface area contributed by atoms with E-state index in [4.69, 9.17) is 4.84 Å². The van der Waals surface area contributed by atoms with Crippen LogP contribution in [-0.2, 0) is 4.84 Å². The van der Waals surface area contributed by atoms with Crippen LogP contribution >= 0.6 is 0 Å². The maximum absolute atomic E-state index is 4.95. The van der Waals surface area contributed by atoms with Crippen LogP contribution in [0.2, 0.25) is 0 Å². The molecule has 14 heavy (non-hydrogen) atoms. The lowest BCUT2D eigenvalue weighted by Gasteiger charge is -1.97. The minimum absolute atomic E-state index is 0.615. The Kier molecular flexibility index (Phi) is 7.52. The van der Waals surface area contributed by atoms with Gasteiger partial charge >= 0.3 is 0 Å². The fourth-order valence-corrected chi connectivity index (χ4v) is 0.855. The van der Waals surface area contributed by atoms with Gasteiger partial charge in [-0.3, -0.25) is 0 Å². The molecule has 0 heterocycles. The fourth-order valence-electron chi connectivity index (χ4n) is 0.855.